The number of hydrogen-bond acceptors (Lipinski definition) is 2. The van der Waals surface area contributed by atoms with Crippen molar-refractivity contribution in [2.45, 2.75) is 6.04 Å². The van der Waals surface area contributed by atoms with Gasteiger partial charge in [-0.15, -0.1) is 0 Å². The molecule has 2 aromatic carbocycles. The molecule has 0 aliphatic rings. The average Bonchev–Trinajstić information content (AvgIpc) is 2.94. The highest BCUT2D eigenvalue weighted by Crippen LogP contribution is 2.28. The van der Waals surface area contributed by atoms with E-state index in [0.29, 0.717) is 22.2 Å². The van der Waals surface area contributed by atoms with Crippen LogP contribution in [0.25, 0.3) is 10.9 Å². The number of nitrogens with one attached hydrogen (secondary N) is 1. The maximum Gasteiger partial charge on any atom is 0.251 e. The first kappa shape index (κ1) is 18.8. The molecular weight excluding hydrogens is 369 g/mol. The maximum absolute atomic E-state index is 12.5. The lowest BCUT2D eigenvalue weighted by Crippen LogP contribution is -2.34. The third kappa shape index (κ3) is 3.73. The Morgan fingerprint density at radius 1 is 1.15 bits per heavy atom. The highest BCUT2D eigenvalue weighted by atomic mass is 35.5. The summed E-state index contributed by atoms with van der Waals surface area (Å²) in [5, 5.41) is 5.01. The molecule has 0 bridgehead atoms. The van der Waals surface area contributed by atoms with E-state index in [9.17, 15) is 4.79 Å². The van der Waals surface area contributed by atoms with Gasteiger partial charge in [-0.25, -0.2) is 0 Å². The van der Waals surface area contributed by atoms with E-state index in [1.165, 1.54) is 16.5 Å². The Hall–Kier alpha value is -2.01. The summed E-state index contributed by atoms with van der Waals surface area (Å²) < 4.78 is 2.11. The van der Waals surface area contributed by atoms with E-state index >= 15 is 0 Å². The lowest BCUT2D eigenvalue weighted by Gasteiger charge is -2.24. The van der Waals surface area contributed by atoms with Crippen molar-refractivity contribution < 1.29 is 4.79 Å². The van der Waals surface area contributed by atoms with Gasteiger partial charge in [0.05, 0.1) is 16.1 Å². The highest BCUT2D eigenvalue weighted by molar-refractivity contribution is 6.42. The fourth-order valence-electron chi connectivity index (χ4n) is 3.14. The van der Waals surface area contributed by atoms with Gasteiger partial charge in [-0.1, -0.05) is 41.4 Å². The van der Waals surface area contributed by atoms with Gasteiger partial charge < -0.3 is 14.8 Å². The topological polar surface area (TPSA) is 37.3 Å². The van der Waals surface area contributed by atoms with Crippen LogP contribution in [0.15, 0.2) is 48.7 Å². The van der Waals surface area contributed by atoms with Crippen LogP contribution in [0, 0.1) is 0 Å². The quantitative estimate of drug-likeness (QED) is 0.696. The Morgan fingerprint density at radius 2 is 1.88 bits per heavy atom. The molecule has 26 heavy (non-hydrogen) atoms. The molecule has 0 radical (unpaired) electrons. The molecule has 0 spiro atoms. The van der Waals surface area contributed by atoms with Gasteiger partial charge in [0.2, 0.25) is 0 Å². The smallest absolute Gasteiger partial charge is 0.251 e. The highest BCUT2D eigenvalue weighted by Gasteiger charge is 2.20. The van der Waals surface area contributed by atoms with Crippen LogP contribution in [0.1, 0.15) is 22.0 Å². The number of fused-ring (bicyclic) bond motifs is 1. The van der Waals surface area contributed by atoms with Crippen molar-refractivity contribution in [3.8, 4) is 0 Å². The lowest BCUT2D eigenvalue weighted by atomic mass is 10.0. The Balaban J connectivity index is 1.83. The van der Waals surface area contributed by atoms with Gasteiger partial charge in [-0.3, -0.25) is 4.79 Å². The number of carbonyl (C=O) groups is 1. The molecule has 1 N–H and O–H groups in total. The van der Waals surface area contributed by atoms with Crippen molar-refractivity contribution in [1.82, 2.24) is 14.8 Å². The van der Waals surface area contributed by atoms with Crippen LogP contribution in [0.3, 0.4) is 0 Å². The minimum absolute atomic E-state index is 0.0489. The van der Waals surface area contributed by atoms with Crippen LogP contribution in [0.5, 0.6) is 0 Å². The first-order valence-electron chi connectivity index (χ1n) is 8.32. The molecule has 0 fully saturated rings. The van der Waals surface area contributed by atoms with Gasteiger partial charge in [0.25, 0.3) is 5.91 Å². The molecule has 1 amide bonds. The fraction of sp³-hybridized carbons (Fsp3) is 0.250. The normalized spacial score (nSPS) is 12.5. The molecule has 1 aromatic heterocycles. The molecule has 136 valence electrons. The number of amides is 1. The second-order valence-electron chi connectivity index (χ2n) is 6.53. The number of aromatic nitrogens is 1. The van der Waals surface area contributed by atoms with E-state index in [0.717, 1.165) is 0 Å². The zero-order valence-corrected chi connectivity index (χ0v) is 16.5. The van der Waals surface area contributed by atoms with Crippen LogP contribution < -0.4 is 5.32 Å². The van der Waals surface area contributed by atoms with Crippen molar-refractivity contribution in [3.63, 3.8) is 0 Å². The Labute approximate surface area is 163 Å². The van der Waals surface area contributed by atoms with Crippen LogP contribution >= 0.6 is 23.2 Å². The second kappa shape index (κ2) is 7.70. The van der Waals surface area contributed by atoms with Crippen LogP contribution in [0.2, 0.25) is 10.0 Å². The molecule has 0 aliphatic heterocycles. The third-order valence-electron chi connectivity index (χ3n) is 4.55. The van der Waals surface area contributed by atoms with E-state index in [1.807, 2.05) is 33.3 Å². The number of hydrogen-bond donors (Lipinski definition) is 1. The number of carbonyl (C=O) groups excluding carboxylic acids is 1. The summed E-state index contributed by atoms with van der Waals surface area (Å²) in [7, 11) is 6.06. The van der Waals surface area contributed by atoms with Gasteiger partial charge >= 0.3 is 0 Å². The monoisotopic (exact) mass is 389 g/mol. The Morgan fingerprint density at radius 3 is 2.58 bits per heavy atom. The van der Waals surface area contributed by atoms with E-state index in [-0.39, 0.29) is 11.9 Å². The van der Waals surface area contributed by atoms with Gasteiger partial charge in [0.15, 0.2) is 0 Å². The molecule has 0 saturated carbocycles. The summed E-state index contributed by atoms with van der Waals surface area (Å²) in [6.45, 7) is 0.486. The van der Waals surface area contributed by atoms with Gasteiger partial charge in [-0.05, 0) is 43.9 Å². The third-order valence-corrected chi connectivity index (χ3v) is 5.29. The van der Waals surface area contributed by atoms with Crippen molar-refractivity contribution in [1.29, 1.82) is 0 Å². The average molecular weight is 390 g/mol. The number of para-hydroxylation sites is 1. The summed E-state index contributed by atoms with van der Waals surface area (Å²) in [6, 6.07) is 13.2. The predicted octanol–water partition coefficient (Wildman–Crippen LogP) is 4.52. The molecule has 1 atom stereocenters. The number of halogens is 2. The molecule has 4 nitrogen and oxygen atoms in total. The van der Waals surface area contributed by atoms with Crippen molar-refractivity contribution in [3.05, 3.63) is 69.8 Å². The zero-order valence-electron chi connectivity index (χ0n) is 15.0. The number of likely N-dealkylation sites (N-methyl/N-ethyl adjacent to an activating group) is 1. The van der Waals surface area contributed by atoms with Gasteiger partial charge in [0, 0.05) is 36.3 Å². The number of aryl methyl sites for hydroxylation is 1. The molecule has 1 heterocycles. The second-order valence-corrected chi connectivity index (χ2v) is 7.35. The van der Waals surface area contributed by atoms with E-state index in [2.05, 4.69) is 33.1 Å². The SMILES string of the molecule is CN(C)[C@@H](CNC(=O)c1ccc(Cl)c(Cl)c1)c1cn(C)c2ccccc12. The largest absolute Gasteiger partial charge is 0.350 e. The first-order valence-corrected chi connectivity index (χ1v) is 9.07. The van der Waals surface area contributed by atoms with E-state index < -0.39 is 0 Å². The van der Waals surface area contributed by atoms with E-state index in [4.69, 9.17) is 23.2 Å². The molecule has 3 aromatic rings. The summed E-state index contributed by atoms with van der Waals surface area (Å²) in [4.78, 5) is 14.6. The summed E-state index contributed by atoms with van der Waals surface area (Å²) in [5.41, 5.74) is 2.85. The minimum atomic E-state index is -0.171. The number of rotatable bonds is 5. The summed E-state index contributed by atoms with van der Waals surface area (Å²) in [5.74, 6) is -0.171. The standard InChI is InChI=1S/C20H21Cl2N3O/c1-24(2)19(15-12-25(3)18-7-5-4-6-14(15)18)11-23-20(26)13-8-9-16(21)17(22)10-13/h4-10,12,19H,11H2,1-3H3,(H,23,26)/t19-/m0/s1. The van der Waals surface area contributed by atoms with Gasteiger partial charge in [0.1, 0.15) is 0 Å². The van der Waals surface area contributed by atoms with Crippen LogP contribution in [0.4, 0.5) is 0 Å². The van der Waals surface area contributed by atoms with E-state index in [1.54, 1.807) is 18.2 Å². The molecule has 6 heteroatoms. The molecule has 0 saturated heterocycles. The van der Waals surface area contributed by atoms with Crippen molar-refractivity contribution in [2.24, 2.45) is 7.05 Å². The number of benzene rings is 2. The first-order chi connectivity index (χ1) is 12.4. The minimum Gasteiger partial charge on any atom is -0.350 e. The molecule has 0 aliphatic carbocycles. The lowest BCUT2D eigenvalue weighted by molar-refractivity contribution is 0.0942. The number of nitrogens with zero attached hydrogens (tertiary/aromatic N) is 2. The summed E-state index contributed by atoms with van der Waals surface area (Å²) >= 11 is 11.9. The zero-order chi connectivity index (χ0) is 18.8. The van der Waals surface area contributed by atoms with Crippen molar-refractivity contribution in [2.75, 3.05) is 20.6 Å². The molecule has 3 rings (SSSR count). The maximum atomic E-state index is 12.5. The molecule has 0 unspecified atom stereocenters. The predicted molar refractivity (Wildman–Crippen MR) is 108 cm³/mol. The van der Waals surface area contributed by atoms with Crippen molar-refractivity contribution >= 4 is 40.0 Å². The Bertz CT molecular complexity index is 949. The van der Waals surface area contributed by atoms with Crippen LogP contribution in [-0.2, 0) is 7.05 Å². The Kier molecular flexibility index (Phi) is 5.56. The molecular formula is C20H21Cl2N3O. The fourth-order valence-corrected chi connectivity index (χ4v) is 3.44. The van der Waals surface area contributed by atoms with Gasteiger partial charge in [-0.2, -0.15) is 0 Å². The van der Waals surface area contributed by atoms with Crippen LogP contribution in [-0.4, -0.2) is 36.0 Å². The summed E-state index contributed by atoms with van der Waals surface area (Å²) in [6.07, 6.45) is 2.13.